The number of carboxylic acid groups (broad SMARTS) is 3. The number of imide groups is 1. The largest absolute Gasteiger partial charge is 0.481 e. The maximum absolute atomic E-state index is 12.3. The molecular formula is C64H113N3O43. The third-order valence-corrected chi connectivity index (χ3v) is 13.1. The highest BCUT2D eigenvalue weighted by molar-refractivity contribution is 6.04. The second-order valence-electron chi connectivity index (χ2n) is 22.3. The molecule has 0 spiro atoms. The number of hydrogen-bond acceptors (Lipinski definition) is 40. The second kappa shape index (κ2) is 69.4. The van der Waals surface area contributed by atoms with Gasteiger partial charge in [0.05, 0.1) is 146 Å². The Bertz CT molecular complexity index is 2540. The number of nitrogens with zero attached hydrogens (tertiary/aromatic N) is 1. The van der Waals surface area contributed by atoms with Crippen LogP contribution in [0.4, 0.5) is 0 Å². The molecule has 46 heteroatoms. The third-order valence-electron chi connectivity index (χ3n) is 13.1. The van der Waals surface area contributed by atoms with Crippen molar-refractivity contribution in [1.29, 1.82) is 0 Å². The molecule has 642 valence electrons. The highest BCUT2D eigenvalue weighted by Crippen LogP contribution is 2.14. The SMILES string of the molecule is C.COC(=O)CN1C(=O)CCC1=O.COC(=O)CNC(=O)CCC(=O)O.COC(=O)CNC(=O)CCC(=O)OCC(OCC(CO)OC(CO)OCC(C)CO)OC(CO)COC(COC(=O)CCC(=O)O)OC.COC(COC(=O)CCC(=O)O)OCC(CO)OC(CO)OCC(CO)OC(CO)OCC(C)CO. The summed E-state index contributed by atoms with van der Waals surface area (Å²) in [6, 6.07) is 0. The van der Waals surface area contributed by atoms with Crippen LogP contribution in [-0.4, -0.2) is 380 Å². The fraction of sp³-hybridized carbons (Fsp3) is 0.797. The zero-order valence-electron chi connectivity index (χ0n) is 61.8. The van der Waals surface area contributed by atoms with Gasteiger partial charge in [-0.15, -0.1) is 0 Å². The number of carbonyl (C=O) groups excluding carboxylic acids is 10. The van der Waals surface area contributed by atoms with E-state index in [0.717, 1.165) is 12.0 Å². The Balaban J connectivity index is -0.000000783. The van der Waals surface area contributed by atoms with Crippen molar-refractivity contribution in [2.75, 3.05) is 174 Å². The van der Waals surface area contributed by atoms with Gasteiger partial charge in [0.2, 0.25) is 23.6 Å². The first-order chi connectivity index (χ1) is 51.8. The molecule has 12 atom stereocenters. The Hall–Kier alpha value is -7.53. The molecule has 0 radical (unpaired) electrons. The fourth-order valence-electron chi connectivity index (χ4n) is 7.02. The first kappa shape index (κ1) is 109. The average molecular weight is 1610 g/mol. The highest BCUT2D eigenvalue weighted by atomic mass is 16.8. The number of methoxy groups -OCH3 is 5. The predicted octanol–water partition coefficient (Wildman–Crippen LogP) is -6.42. The van der Waals surface area contributed by atoms with Gasteiger partial charge in [0.15, 0.2) is 37.7 Å². The zero-order chi connectivity index (χ0) is 83.1. The monoisotopic (exact) mass is 1610 g/mol. The molecule has 1 heterocycles. The molecule has 1 fully saturated rings. The average Bonchev–Trinajstić information content (AvgIpc) is 1.74. The lowest BCUT2D eigenvalue weighted by molar-refractivity contribution is -0.251. The van der Waals surface area contributed by atoms with Crippen molar-refractivity contribution < 1.29 is 209 Å². The number of hydrogen-bond donors (Lipinski definition) is 14. The number of esters is 6. The predicted molar refractivity (Wildman–Crippen MR) is 362 cm³/mol. The van der Waals surface area contributed by atoms with E-state index < -0.39 is 200 Å². The first-order valence-electron chi connectivity index (χ1n) is 33.4. The molecule has 1 aliphatic heterocycles. The number of rotatable bonds is 61. The van der Waals surface area contributed by atoms with Crippen molar-refractivity contribution in [1.82, 2.24) is 15.5 Å². The normalized spacial score (nSPS) is 14.9. The van der Waals surface area contributed by atoms with E-state index in [0.29, 0.717) is 0 Å². The topological polar surface area (TPSA) is 658 Å². The Morgan fingerprint density at radius 3 is 0.909 bits per heavy atom. The van der Waals surface area contributed by atoms with Crippen LogP contribution >= 0.6 is 0 Å². The van der Waals surface area contributed by atoms with Gasteiger partial charge in [0, 0.05) is 65.0 Å². The van der Waals surface area contributed by atoms with Gasteiger partial charge in [0.1, 0.15) is 63.9 Å². The summed E-state index contributed by atoms with van der Waals surface area (Å²) in [6.45, 7) is -4.09. The van der Waals surface area contributed by atoms with Crippen LogP contribution in [0.25, 0.3) is 0 Å². The molecule has 0 saturated carbocycles. The fourth-order valence-corrected chi connectivity index (χ4v) is 7.02. The van der Waals surface area contributed by atoms with Gasteiger partial charge in [-0.05, 0) is 0 Å². The molecule has 12 unspecified atom stereocenters. The minimum atomic E-state index is -1.40. The lowest BCUT2D eigenvalue weighted by Crippen LogP contribution is -2.39. The molecule has 0 bridgehead atoms. The lowest BCUT2D eigenvalue weighted by Gasteiger charge is -2.28. The molecule has 1 aliphatic rings. The summed E-state index contributed by atoms with van der Waals surface area (Å²) in [4.78, 5) is 144. The molecule has 110 heavy (non-hydrogen) atoms. The Morgan fingerprint density at radius 1 is 0.345 bits per heavy atom. The smallest absolute Gasteiger partial charge is 0.325 e. The van der Waals surface area contributed by atoms with Crippen LogP contribution < -0.4 is 10.6 Å². The van der Waals surface area contributed by atoms with E-state index in [-0.39, 0.29) is 161 Å². The molecule has 1 rings (SSSR count). The number of nitrogens with one attached hydrogen (secondary N) is 2. The van der Waals surface area contributed by atoms with Crippen LogP contribution in [0, 0.1) is 11.8 Å². The first-order valence-corrected chi connectivity index (χ1v) is 33.4. The highest BCUT2D eigenvalue weighted by Gasteiger charge is 2.31. The number of amides is 4. The summed E-state index contributed by atoms with van der Waals surface area (Å²) in [7, 11) is 6.09. The summed E-state index contributed by atoms with van der Waals surface area (Å²) in [5.41, 5.74) is 0. The van der Waals surface area contributed by atoms with E-state index in [4.69, 9.17) is 96.6 Å². The van der Waals surface area contributed by atoms with Crippen LogP contribution in [0.15, 0.2) is 0 Å². The van der Waals surface area contributed by atoms with Crippen LogP contribution in [0.1, 0.15) is 85.5 Å². The maximum atomic E-state index is 12.3. The van der Waals surface area contributed by atoms with Gasteiger partial charge in [-0.3, -0.25) is 67.2 Å². The zero-order valence-corrected chi connectivity index (χ0v) is 61.8. The molecule has 0 aromatic carbocycles. The summed E-state index contributed by atoms with van der Waals surface area (Å²) in [5.74, 6) is -9.70. The van der Waals surface area contributed by atoms with Gasteiger partial charge in [-0.1, -0.05) is 21.3 Å². The number of ether oxygens (including phenoxy) is 18. The molecular weight excluding hydrogens is 1500 g/mol. The third kappa shape index (κ3) is 60.2. The maximum Gasteiger partial charge on any atom is 0.325 e. The summed E-state index contributed by atoms with van der Waals surface area (Å²) < 4.78 is 92.5. The minimum absolute atomic E-state index is 0. The van der Waals surface area contributed by atoms with Crippen molar-refractivity contribution >= 4 is 77.4 Å². The van der Waals surface area contributed by atoms with E-state index in [9.17, 15) is 98.1 Å². The summed E-state index contributed by atoms with van der Waals surface area (Å²) >= 11 is 0. The number of aliphatic hydroxyl groups excluding tert-OH is 9. The number of carboxylic acids is 3. The molecule has 4 amide bonds. The van der Waals surface area contributed by atoms with Crippen molar-refractivity contribution in [2.45, 2.75) is 148 Å². The van der Waals surface area contributed by atoms with Crippen LogP contribution in [-0.2, 0) is 148 Å². The van der Waals surface area contributed by atoms with Crippen LogP contribution in [0.2, 0.25) is 0 Å². The summed E-state index contributed by atoms with van der Waals surface area (Å²) in [5, 5.41) is 115. The van der Waals surface area contributed by atoms with E-state index in [1.165, 1.54) is 28.4 Å². The number of likely N-dealkylation sites (tertiary alicyclic amines) is 1. The van der Waals surface area contributed by atoms with Gasteiger partial charge in [0.25, 0.3) is 0 Å². The lowest BCUT2D eigenvalue weighted by atomic mass is 10.2. The minimum Gasteiger partial charge on any atom is -0.481 e. The molecule has 1 saturated heterocycles. The molecule has 0 aromatic heterocycles. The van der Waals surface area contributed by atoms with Crippen molar-refractivity contribution in [3.63, 3.8) is 0 Å². The number of aliphatic hydroxyl groups is 9. The molecule has 46 nitrogen and oxygen atoms in total. The van der Waals surface area contributed by atoms with Gasteiger partial charge in [-0.2, -0.15) is 0 Å². The molecule has 14 N–H and O–H groups in total. The Labute approximate surface area is 633 Å². The van der Waals surface area contributed by atoms with Crippen molar-refractivity contribution in [2.24, 2.45) is 11.8 Å². The van der Waals surface area contributed by atoms with Gasteiger partial charge in [-0.25, -0.2) is 0 Å². The number of aliphatic carboxylic acids is 3. The van der Waals surface area contributed by atoms with E-state index in [1.807, 2.05) is 0 Å². The summed E-state index contributed by atoms with van der Waals surface area (Å²) in [6.07, 6.45) is -13.3. The van der Waals surface area contributed by atoms with Crippen molar-refractivity contribution in [3.05, 3.63) is 0 Å². The van der Waals surface area contributed by atoms with E-state index in [1.54, 1.807) is 13.8 Å². The van der Waals surface area contributed by atoms with Crippen LogP contribution in [0.3, 0.4) is 0 Å². The molecule has 0 aliphatic carbocycles. The van der Waals surface area contributed by atoms with Gasteiger partial charge >= 0.3 is 53.7 Å². The quantitative estimate of drug-likeness (QED) is 0.0117. The van der Waals surface area contributed by atoms with Crippen molar-refractivity contribution in [3.8, 4) is 0 Å². The van der Waals surface area contributed by atoms with Crippen LogP contribution in [0.5, 0.6) is 0 Å². The Kier molecular flexibility index (Phi) is 68.7. The van der Waals surface area contributed by atoms with E-state index in [2.05, 4.69) is 24.8 Å². The molecule has 0 aromatic rings. The Morgan fingerprint density at radius 2 is 0.618 bits per heavy atom. The number of carbonyl (C=O) groups is 13. The second-order valence-corrected chi connectivity index (χ2v) is 22.3. The van der Waals surface area contributed by atoms with E-state index >= 15 is 0 Å². The standard InChI is InChI=1S/C28H49NO19.C21H40O15.C7H11NO5.C7H9NO4.CH4/c1-18(9-30)13-44-26(12-33)47-19(10-31)15-46-28(17-43-23(37)6-4-21(34)29-8-25(39)40-2)48-20(11-32)14-45-27(41-3)16-42-24(38)7-5-22(35)36;1-14(5-22)10-32-19(8-25)35-15(6-23)11-33-20(9-26)36-16(7-24)12-34-21(30-2)13-31-18(29)4-3-17(27)28;1-13-7(12)4-8-5(9)2-3-6(10)11;1-12-7(11)4-8-5(9)2-3-6(8)10;/h18-20,26-28,30-33H,4-17H2,1-3H3,(H,29,34)(H,35,36);14-16,19-26H,3-13H2,1-2H3,(H,27,28);2-4H2,1H3,(H,8,9)(H,10,11);2-4H2,1H3;1H4. The van der Waals surface area contributed by atoms with Gasteiger partial charge < -0.3 is 157 Å².